The van der Waals surface area contributed by atoms with E-state index in [1.807, 2.05) is 25.1 Å². The summed E-state index contributed by atoms with van der Waals surface area (Å²) >= 11 is 5.50. The first-order valence-electron chi connectivity index (χ1n) is 5.38. The van der Waals surface area contributed by atoms with Crippen molar-refractivity contribution in [3.8, 4) is 0 Å². The molecular weight excluding hydrogens is 260 g/mol. The van der Waals surface area contributed by atoms with Gasteiger partial charge in [0.25, 0.3) is 0 Å². The number of aryl methyl sites for hydroxylation is 1. The van der Waals surface area contributed by atoms with Gasteiger partial charge >= 0.3 is 0 Å². The standard InChI is InChI=1S/C11H17ClN2O2S/c1-10-5-3-6-11(13-10)9-14(2)17(15,16)8-4-7-12/h3,5-6H,4,7-9H2,1-2H3. The third-order valence-electron chi connectivity index (χ3n) is 2.34. The van der Waals surface area contributed by atoms with Crippen molar-refractivity contribution in [1.82, 2.24) is 9.29 Å². The van der Waals surface area contributed by atoms with Crippen LogP contribution in [0.2, 0.25) is 0 Å². The molecule has 0 aromatic carbocycles. The van der Waals surface area contributed by atoms with E-state index in [-0.39, 0.29) is 5.75 Å². The van der Waals surface area contributed by atoms with Gasteiger partial charge in [0, 0.05) is 18.6 Å². The van der Waals surface area contributed by atoms with Gasteiger partial charge in [-0.25, -0.2) is 8.42 Å². The predicted molar refractivity (Wildman–Crippen MR) is 69.6 cm³/mol. The molecule has 0 spiro atoms. The van der Waals surface area contributed by atoms with Crippen molar-refractivity contribution >= 4 is 21.6 Å². The lowest BCUT2D eigenvalue weighted by Crippen LogP contribution is -2.29. The molecule has 0 saturated carbocycles. The zero-order valence-electron chi connectivity index (χ0n) is 10.1. The van der Waals surface area contributed by atoms with Crippen molar-refractivity contribution in [2.75, 3.05) is 18.7 Å². The molecule has 0 amide bonds. The molecule has 1 aromatic rings. The molecule has 96 valence electrons. The van der Waals surface area contributed by atoms with Crippen molar-refractivity contribution < 1.29 is 8.42 Å². The highest BCUT2D eigenvalue weighted by molar-refractivity contribution is 7.89. The van der Waals surface area contributed by atoms with Gasteiger partial charge in [0.05, 0.1) is 18.0 Å². The Morgan fingerprint density at radius 3 is 2.71 bits per heavy atom. The fourth-order valence-electron chi connectivity index (χ4n) is 1.41. The Hall–Kier alpha value is -0.650. The third-order valence-corrected chi connectivity index (χ3v) is 4.49. The maximum atomic E-state index is 11.8. The van der Waals surface area contributed by atoms with E-state index in [1.54, 1.807) is 7.05 Å². The van der Waals surface area contributed by atoms with Crippen LogP contribution in [0.5, 0.6) is 0 Å². The molecule has 1 aromatic heterocycles. The number of rotatable bonds is 6. The van der Waals surface area contributed by atoms with E-state index in [2.05, 4.69) is 4.98 Å². The summed E-state index contributed by atoms with van der Waals surface area (Å²) in [5.41, 5.74) is 1.64. The molecule has 0 aliphatic carbocycles. The van der Waals surface area contributed by atoms with E-state index in [0.717, 1.165) is 11.4 Å². The van der Waals surface area contributed by atoms with Crippen LogP contribution < -0.4 is 0 Å². The van der Waals surface area contributed by atoms with Crippen molar-refractivity contribution in [2.45, 2.75) is 19.9 Å². The van der Waals surface area contributed by atoms with Gasteiger partial charge in [-0.3, -0.25) is 4.98 Å². The van der Waals surface area contributed by atoms with E-state index < -0.39 is 10.0 Å². The van der Waals surface area contributed by atoms with Gasteiger partial charge in [0.15, 0.2) is 0 Å². The Morgan fingerprint density at radius 1 is 1.41 bits per heavy atom. The molecule has 0 saturated heterocycles. The zero-order valence-corrected chi connectivity index (χ0v) is 11.6. The molecule has 17 heavy (non-hydrogen) atoms. The lowest BCUT2D eigenvalue weighted by Gasteiger charge is -2.16. The number of aromatic nitrogens is 1. The molecule has 0 atom stereocenters. The average Bonchev–Trinajstić information content (AvgIpc) is 2.26. The maximum absolute atomic E-state index is 11.8. The van der Waals surface area contributed by atoms with Crippen LogP contribution in [0.25, 0.3) is 0 Å². The summed E-state index contributed by atoms with van der Waals surface area (Å²) in [4.78, 5) is 4.27. The number of alkyl halides is 1. The first-order valence-corrected chi connectivity index (χ1v) is 7.52. The first-order chi connectivity index (χ1) is 7.95. The van der Waals surface area contributed by atoms with E-state index in [9.17, 15) is 8.42 Å². The number of hydrogen-bond acceptors (Lipinski definition) is 3. The Balaban J connectivity index is 2.68. The largest absolute Gasteiger partial charge is 0.257 e. The molecule has 1 heterocycles. The summed E-state index contributed by atoms with van der Waals surface area (Å²) < 4.78 is 25.0. The van der Waals surface area contributed by atoms with Gasteiger partial charge < -0.3 is 0 Å². The van der Waals surface area contributed by atoms with Gasteiger partial charge in [-0.2, -0.15) is 4.31 Å². The van der Waals surface area contributed by atoms with Gasteiger partial charge in [-0.05, 0) is 25.5 Å². The summed E-state index contributed by atoms with van der Waals surface area (Å²) in [7, 11) is -1.66. The second kappa shape index (κ2) is 6.33. The van der Waals surface area contributed by atoms with Gasteiger partial charge in [-0.1, -0.05) is 6.07 Å². The summed E-state index contributed by atoms with van der Waals surface area (Å²) in [5.74, 6) is 0.439. The summed E-state index contributed by atoms with van der Waals surface area (Å²) in [6.45, 7) is 2.18. The van der Waals surface area contributed by atoms with Crippen LogP contribution >= 0.6 is 11.6 Å². The lowest BCUT2D eigenvalue weighted by molar-refractivity contribution is 0.461. The highest BCUT2D eigenvalue weighted by Crippen LogP contribution is 2.07. The van der Waals surface area contributed by atoms with Crippen LogP contribution in [0.15, 0.2) is 18.2 Å². The van der Waals surface area contributed by atoms with Crippen LogP contribution in [0.3, 0.4) is 0 Å². The van der Waals surface area contributed by atoms with E-state index in [4.69, 9.17) is 11.6 Å². The molecule has 1 rings (SSSR count). The smallest absolute Gasteiger partial charge is 0.214 e. The SMILES string of the molecule is Cc1cccc(CN(C)S(=O)(=O)CCCCl)n1. The number of halogens is 1. The van der Waals surface area contributed by atoms with Gasteiger partial charge in [-0.15, -0.1) is 11.6 Å². The minimum Gasteiger partial charge on any atom is -0.257 e. The number of hydrogen-bond donors (Lipinski definition) is 0. The number of sulfonamides is 1. The van der Waals surface area contributed by atoms with E-state index >= 15 is 0 Å². The monoisotopic (exact) mass is 276 g/mol. The van der Waals surface area contributed by atoms with E-state index in [1.165, 1.54) is 4.31 Å². The van der Waals surface area contributed by atoms with Crippen molar-refractivity contribution in [2.24, 2.45) is 0 Å². The zero-order chi connectivity index (χ0) is 12.9. The second-order valence-corrected chi connectivity index (χ2v) is 6.46. The van der Waals surface area contributed by atoms with Crippen molar-refractivity contribution in [1.29, 1.82) is 0 Å². The minimum atomic E-state index is -3.22. The first kappa shape index (κ1) is 14.4. The molecule has 0 bridgehead atoms. The fraction of sp³-hybridized carbons (Fsp3) is 0.545. The molecule has 0 fully saturated rings. The molecule has 0 unspecified atom stereocenters. The lowest BCUT2D eigenvalue weighted by atomic mass is 10.3. The van der Waals surface area contributed by atoms with Crippen LogP contribution in [-0.4, -0.2) is 36.4 Å². The highest BCUT2D eigenvalue weighted by Gasteiger charge is 2.17. The molecule has 0 aliphatic heterocycles. The van der Waals surface area contributed by atoms with Gasteiger partial charge in [0.2, 0.25) is 10.0 Å². The molecule has 4 nitrogen and oxygen atoms in total. The van der Waals surface area contributed by atoms with Crippen LogP contribution in [0, 0.1) is 6.92 Å². The molecule has 0 aliphatic rings. The Morgan fingerprint density at radius 2 is 2.12 bits per heavy atom. The fourth-order valence-corrected chi connectivity index (χ4v) is 2.85. The second-order valence-electron chi connectivity index (χ2n) is 3.88. The van der Waals surface area contributed by atoms with Crippen LogP contribution in [0.4, 0.5) is 0 Å². The summed E-state index contributed by atoms with van der Waals surface area (Å²) in [6, 6.07) is 5.57. The molecule has 0 N–H and O–H groups in total. The van der Waals surface area contributed by atoms with Crippen LogP contribution in [-0.2, 0) is 16.6 Å². The third kappa shape index (κ3) is 4.61. The average molecular weight is 277 g/mol. The van der Waals surface area contributed by atoms with Gasteiger partial charge in [0.1, 0.15) is 0 Å². The van der Waals surface area contributed by atoms with Crippen molar-refractivity contribution in [3.63, 3.8) is 0 Å². The van der Waals surface area contributed by atoms with E-state index in [0.29, 0.717) is 18.8 Å². The number of pyridine rings is 1. The van der Waals surface area contributed by atoms with Crippen molar-refractivity contribution in [3.05, 3.63) is 29.6 Å². The van der Waals surface area contributed by atoms with Crippen LogP contribution in [0.1, 0.15) is 17.8 Å². The molecule has 0 radical (unpaired) electrons. The number of nitrogens with zero attached hydrogens (tertiary/aromatic N) is 2. The normalized spacial score (nSPS) is 12.0. The highest BCUT2D eigenvalue weighted by atomic mass is 35.5. The molecular formula is C11H17ClN2O2S. The Kier molecular flexibility index (Phi) is 5.36. The topological polar surface area (TPSA) is 50.3 Å². The Bertz CT molecular complexity index is 462. The minimum absolute atomic E-state index is 0.0822. The predicted octanol–water partition coefficient (Wildman–Crippen LogP) is 1.78. The summed E-state index contributed by atoms with van der Waals surface area (Å²) in [5, 5.41) is 0. The molecule has 6 heteroatoms. The summed E-state index contributed by atoms with van der Waals surface area (Å²) in [6.07, 6.45) is 0.468. The maximum Gasteiger partial charge on any atom is 0.214 e. The Labute approximate surface area is 108 Å². The quantitative estimate of drug-likeness (QED) is 0.744.